The Morgan fingerprint density at radius 3 is 2.75 bits per heavy atom. The number of aromatic nitrogens is 1. The summed E-state index contributed by atoms with van der Waals surface area (Å²) in [5.41, 5.74) is 6.68. The van der Waals surface area contributed by atoms with Crippen LogP contribution in [-0.4, -0.2) is 38.3 Å². The molecular formula is C17H22N4O3. The molecule has 0 radical (unpaired) electrons. The number of methoxy groups -OCH3 is 2. The van der Waals surface area contributed by atoms with Crippen molar-refractivity contribution in [2.75, 3.05) is 27.4 Å². The Morgan fingerprint density at radius 2 is 2.04 bits per heavy atom. The van der Waals surface area contributed by atoms with Crippen LogP contribution in [0, 0.1) is 0 Å². The Balaban J connectivity index is 1.89. The third-order valence-electron chi connectivity index (χ3n) is 3.11. The Hall–Kier alpha value is -2.80. The average Bonchev–Trinajstić information content (AvgIpc) is 2.61. The summed E-state index contributed by atoms with van der Waals surface area (Å²) < 4.78 is 15.8. The van der Waals surface area contributed by atoms with E-state index in [9.17, 15) is 0 Å². The number of nitrogens with one attached hydrogen (secondary N) is 1. The number of hydrogen-bond acceptors (Lipinski definition) is 5. The van der Waals surface area contributed by atoms with Crippen LogP contribution in [0.1, 0.15) is 5.56 Å². The molecule has 0 fully saturated rings. The van der Waals surface area contributed by atoms with Gasteiger partial charge in [-0.25, -0.2) is 9.98 Å². The summed E-state index contributed by atoms with van der Waals surface area (Å²) in [7, 11) is 3.25. The molecule has 24 heavy (non-hydrogen) atoms. The fourth-order valence-electron chi connectivity index (χ4n) is 1.86. The number of rotatable bonds is 8. The number of guanidine groups is 1. The molecule has 1 heterocycles. The van der Waals surface area contributed by atoms with E-state index < -0.39 is 0 Å². The van der Waals surface area contributed by atoms with E-state index in [0.717, 1.165) is 11.3 Å². The van der Waals surface area contributed by atoms with Crippen LogP contribution < -0.4 is 20.5 Å². The van der Waals surface area contributed by atoms with E-state index in [2.05, 4.69) is 15.3 Å². The van der Waals surface area contributed by atoms with Crippen molar-refractivity contribution in [3.05, 3.63) is 48.2 Å². The molecule has 0 bridgehead atoms. The smallest absolute Gasteiger partial charge is 0.219 e. The predicted molar refractivity (Wildman–Crippen MR) is 92.5 cm³/mol. The van der Waals surface area contributed by atoms with E-state index in [0.29, 0.717) is 37.3 Å². The van der Waals surface area contributed by atoms with E-state index in [4.69, 9.17) is 19.9 Å². The summed E-state index contributed by atoms with van der Waals surface area (Å²) in [6, 6.07) is 11.0. The highest BCUT2D eigenvalue weighted by molar-refractivity contribution is 5.77. The molecular weight excluding hydrogens is 308 g/mol. The van der Waals surface area contributed by atoms with Gasteiger partial charge >= 0.3 is 0 Å². The van der Waals surface area contributed by atoms with E-state index in [1.165, 1.54) is 0 Å². The Labute approximate surface area is 141 Å². The van der Waals surface area contributed by atoms with Gasteiger partial charge in [-0.1, -0.05) is 12.1 Å². The van der Waals surface area contributed by atoms with Gasteiger partial charge < -0.3 is 25.3 Å². The maximum atomic E-state index is 5.75. The first kappa shape index (κ1) is 17.6. The monoisotopic (exact) mass is 330 g/mol. The molecule has 1 aromatic heterocycles. The second-order valence-electron chi connectivity index (χ2n) is 4.91. The number of benzene rings is 1. The van der Waals surface area contributed by atoms with Crippen LogP contribution in [0.25, 0.3) is 0 Å². The Morgan fingerprint density at radius 1 is 1.21 bits per heavy atom. The molecule has 0 atom stereocenters. The van der Waals surface area contributed by atoms with Crippen LogP contribution in [-0.2, 0) is 11.3 Å². The lowest BCUT2D eigenvalue weighted by Gasteiger charge is -2.07. The van der Waals surface area contributed by atoms with Crippen molar-refractivity contribution < 1.29 is 14.2 Å². The van der Waals surface area contributed by atoms with Crippen molar-refractivity contribution in [3.63, 3.8) is 0 Å². The second kappa shape index (κ2) is 9.36. The Bertz CT molecular complexity index is 659. The molecule has 0 aliphatic heterocycles. The largest absolute Gasteiger partial charge is 0.497 e. The number of ether oxygens (including phenoxy) is 3. The van der Waals surface area contributed by atoms with Gasteiger partial charge in [-0.05, 0) is 17.7 Å². The zero-order valence-corrected chi connectivity index (χ0v) is 13.9. The van der Waals surface area contributed by atoms with Crippen molar-refractivity contribution in [1.82, 2.24) is 10.3 Å². The maximum absolute atomic E-state index is 5.75. The Kier molecular flexibility index (Phi) is 6.85. The van der Waals surface area contributed by atoms with E-state index >= 15 is 0 Å². The molecule has 0 amide bonds. The molecule has 0 saturated carbocycles. The number of hydrogen-bond donors (Lipinski definition) is 2. The average molecular weight is 330 g/mol. The zero-order chi connectivity index (χ0) is 17.2. The second-order valence-corrected chi connectivity index (χ2v) is 4.91. The van der Waals surface area contributed by atoms with Crippen LogP contribution in [0.5, 0.6) is 17.4 Å². The predicted octanol–water partition coefficient (Wildman–Crippen LogP) is 1.93. The van der Waals surface area contributed by atoms with Gasteiger partial charge in [-0.3, -0.25) is 0 Å². The molecule has 0 aliphatic carbocycles. The SMILES string of the molecule is COCCNC(N)=NCc1ccc(Oc2cccc(OC)c2)nc1. The van der Waals surface area contributed by atoms with Gasteiger partial charge in [0.2, 0.25) is 5.88 Å². The number of nitrogens with two attached hydrogens (primary N) is 1. The summed E-state index contributed by atoms with van der Waals surface area (Å²) >= 11 is 0. The first-order valence-corrected chi connectivity index (χ1v) is 7.51. The van der Waals surface area contributed by atoms with Crippen molar-refractivity contribution in [1.29, 1.82) is 0 Å². The molecule has 0 aliphatic rings. The quantitative estimate of drug-likeness (QED) is 0.437. The van der Waals surface area contributed by atoms with E-state index in [1.807, 2.05) is 24.3 Å². The van der Waals surface area contributed by atoms with E-state index in [-0.39, 0.29) is 0 Å². The van der Waals surface area contributed by atoms with Gasteiger partial charge in [-0.15, -0.1) is 0 Å². The molecule has 3 N–H and O–H groups in total. The minimum absolute atomic E-state index is 0.378. The van der Waals surface area contributed by atoms with Crippen LogP contribution in [0.4, 0.5) is 0 Å². The van der Waals surface area contributed by atoms with Crippen molar-refractivity contribution >= 4 is 5.96 Å². The van der Waals surface area contributed by atoms with E-state index in [1.54, 1.807) is 32.5 Å². The zero-order valence-electron chi connectivity index (χ0n) is 13.9. The number of aliphatic imine (C=N–C) groups is 1. The lowest BCUT2D eigenvalue weighted by Crippen LogP contribution is -2.34. The van der Waals surface area contributed by atoms with Crippen LogP contribution in [0.2, 0.25) is 0 Å². The molecule has 0 spiro atoms. The number of nitrogens with zero attached hydrogens (tertiary/aromatic N) is 2. The highest BCUT2D eigenvalue weighted by Crippen LogP contribution is 2.23. The van der Waals surface area contributed by atoms with Gasteiger partial charge in [0.1, 0.15) is 11.5 Å². The lowest BCUT2D eigenvalue weighted by molar-refractivity contribution is 0.204. The minimum Gasteiger partial charge on any atom is -0.497 e. The van der Waals surface area contributed by atoms with Crippen molar-refractivity contribution in [2.45, 2.75) is 6.54 Å². The molecule has 0 unspecified atom stereocenters. The first-order valence-electron chi connectivity index (χ1n) is 7.51. The lowest BCUT2D eigenvalue weighted by atomic mass is 10.3. The van der Waals surface area contributed by atoms with Crippen LogP contribution >= 0.6 is 0 Å². The third kappa shape index (κ3) is 5.77. The summed E-state index contributed by atoms with van der Waals surface area (Å²) in [5, 5.41) is 2.95. The topological polar surface area (TPSA) is 91.0 Å². The van der Waals surface area contributed by atoms with Crippen molar-refractivity contribution in [2.24, 2.45) is 10.7 Å². The highest BCUT2D eigenvalue weighted by Gasteiger charge is 2.01. The summed E-state index contributed by atoms with van der Waals surface area (Å²) in [4.78, 5) is 8.50. The van der Waals surface area contributed by atoms with Gasteiger partial charge in [-0.2, -0.15) is 0 Å². The summed E-state index contributed by atoms with van der Waals surface area (Å²) in [5.74, 6) is 2.28. The van der Waals surface area contributed by atoms with Gasteiger partial charge in [0.05, 0.1) is 20.3 Å². The highest BCUT2D eigenvalue weighted by atomic mass is 16.5. The van der Waals surface area contributed by atoms with Gasteiger partial charge in [0.25, 0.3) is 0 Å². The van der Waals surface area contributed by atoms with Gasteiger partial charge in [0, 0.05) is 32.0 Å². The normalized spacial score (nSPS) is 11.2. The van der Waals surface area contributed by atoms with Gasteiger partial charge in [0.15, 0.2) is 5.96 Å². The molecule has 128 valence electrons. The van der Waals surface area contributed by atoms with Crippen LogP contribution in [0.3, 0.4) is 0 Å². The fraction of sp³-hybridized carbons (Fsp3) is 0.294. The standard InChI is InChI=1S/C17H22N4O3/c1-22-9-8-19-17(18)21-12-13-6-7-16(20-11-13)24-15-5-3-4-14(10-15)23-2/h3-7,10-11H,8-9,12H2,1-2H3,(H3,18,19,21). The molecule has 2 aromatic rings. The maximum Gasteiger partial charge on any atom is 0.219 e. The first-order chi connectivity index (χ1) is 11.7. The molecule has 7 nitrogen and oxygen atoms in total. The molecule has 2 rings (SSSR count). The molecule has 0 saturated heterocycles. The fourth-order valence-corrected chi connectivity index (χ4v) is 1.86. The molecule has 1 aromatic carbocycles. The number of pyridine rings is 1. The van der Waals surface area contributed by atoms with Crippen LogP contribution in [0.15, 0.2) is 47.6 Å². The summed E-state index contributed by atoms with van der Waals surface area (Å²) in [6.07, 6.45) is 1.71. The molecule has 7 heteroatoms. The summed E-state index contributed by atoms with van der Waals surface area (Å²) in [6.45, 7) is 1.64. The third-order valence-corrected chi connectivity index (χ3v) is 3.11. The minimum atomic E-state index is 0.378. The van der Waals surface area contributed by atoms with Crippen molar-refractivity contribution in [3.8, 4) is 17.4 Å².